The highest BCUT2D eigenvalue weighted by atomic mass is 32.1. The minimum Gasteiger partial charge on any atom is -0.462 e. The van der Waals surface area contributed by atoms with Crippen molar-refractivity contribution >= 4 is 11.3 Å². The number of hydrogen-bond acceptors (Lipinski definition) is 5. The van der Waals surface area contributed by atoms with Crippen LogP contribution in [0.15, 0.2) is 28.2 Å². The number of likely N-dealkylation sites (tertiary alicyclic amines) is 1. The van der Waals surface area contributed by atoms with Crippen LogP contribution in [0.5, 0.6) is 0 Å². The van der Waals surface area contributed by atoms with Gasteiger partial charge < -0.3 is 9.73 Å². The standard InChI is InChI=1S/C14H17N3OS/c1-2-13(18-3-1)14-16-12(9-19-14)8-17-6-10-4-15-5-11(10)7-17/h1-3,9-11,15H,4-8H2/t10-,11+. The smallest absolute Gasteiger partial charge is 0.162 e. The van der Waals surface area contributed by atoms with Gasteiger partial charge in [-0.05, 0) is 37.1 Å². The monoisotopic (exact) mass is 275 g/mol. The molecule has 0 saturated carbocycles. The van der Waals surface area contributed by atoms with Crippen LogP contribution in [-0.2, 0) is 6.54 Å². The number of nitrogens with zero attached hydrogens (tertiary/aromatic N) is 2. The van der Waals surface area contributed by atoms with Gasteiger partial charge in [0.25, 0.3) is 0 Å². The van der Waals surface area contributed by atoms with Gasteiger partial charge >= 0.3 is 0 Å². The number of thiazole rings is 1. The van der Waals surface area contributed by atoms with E-state index in [1.54, 1.807) is 17.6 Å². The molecule has 2 saturated heterocycles. The van der Waals surface area contributed by atoms with Gasteiger partial charge in [0.05, 0.1) is 12.0 Å². The first-order chi connectivity index (χ1) is 9.38. The second kappa shape index (κ2) is 4.74. The summed E-state index contributed by atoms with van der Waals surface area (Å²) in [5.41, 5.74) is 1.17. The van der Waals surface area contributed by atoms with Gasteiger partial charge in [0.1, 0.15) is 0 Å². The lowest BCUT2D eigenvalue weighted by Gasteiger charge is -2.14. The van der Waals surface area contributed by atoms with Gasteiger partial charge in [-0.3, -0.25) is 4.90 Å². The molecule has 2 fully saturated rings. The Kier molecular flexibility index (Phi) is 2.90. The van der Waals surface area contributed by atoms with Crippen LogP contribution in [-0.4, -0.2) is 36.1 Å². The number of furan rings is 1. The van der Waals surface area contributed by atoms with E-state index < -0.39 is 0 Å². The van der Waals surface area contributed by atoms with E-state index in [0.29, 0.717) is 0 Å². The summed E-state index contributed by atoms with van der Waals surface area (Å²) in [6.45, 7) is 5.78. The van der Waals surface area contributed by atoms with Crippen molar-refractivity contribution in [3.8, 4) is 10.8 Å². The summed E-state index contributed by atoms with van der Waals surface area (Å²) in [6.07, 6.45) is 1.70. The number of rotatable bonds is 3. The molecule has 4 rings (SSSR count). The molecular weight excluding hydrogens is 258 g/mol. The highest BCUT2D eigenvalue weighted by Crippen LogP contribution is 2.29. The molecule has 4 nitrogen and oxygen atoms in total. The van der Waals surface area contributed by atoms with Gasteiger partial charge in [-0.2, -0.15) is 0 Å². The first-order valence-electron chi connectivity index (χ1n) is 6.80. The Morgan fingerprint density at radius 1 is 1.37 bits per heavy atom. The summed E-state index contributed by atoms with van der Waals surface area (Å²) in [7, 11) is 0. The van der Waals surface area contributed by atoms with E-state index in [2.05, 4.69) is 20.6 Å². The molecule has 0 radical (unpaired) electrons. The van der Waals surface area contributed by atoms with Crippen molar-refractivity contribution in [3.05, 3.63) is 29.5 Å². The van der Waals surface area contributed by atoms with E-state index in [9.17, 15) is 0 Å². The lowest BCUT2D eigenvalue weighted by Crippen LogP contribution is -2.25. The Hall–Kier alpha value is -1.17. The van der Waals surface area contributed by atoms with Gasteiger partial charge in [0.15, 0.2) is 10.8 Å². The van der Waals surface area contributed by atoms with Crippen molar-refractivity contribution < 1.29 is 4.42 Å². The van der Waals surface area contributed by atoms with Crippen LogP contribution >= 0.6 is 11.3 Å². The van der Waals surface area contributed by atoms with Gasteiger partial charge in [-0.1, -0.05) is 0 Å². The van der Waals surface area contributed by atoms with Crippen LogP contribution in [0.1, 0.15) is 5.69 Å². The third kappa shape index (κ3) is 2.22. The molecule has 0 aliphatic carbocycles. The number of nitrogens with one attached hydrogen (secondary N) is 1. The molecule has 0 bridgehead atoms. The van der Waals surface area contributed by atoms with E-state index in [1.807, 2.05) is 12.1 Å². The molecule has 19 heavy (non-hydrogen) atoms. The van der Waals surface area contributed by atoms with Crippen molar-refractivity contribution in [1.82, 2.24) is 15.2 Å². The molecule has 2 aromatic rings. The normalized spacial score (nSPS) is 26.9. The third-order valence-corrected chi connectivity index (χ3v) is 5.04. The maximum atomic E-state index is 5.39. The predicted molar refractivity (Wildman–Crippen MR) is 74.9 cm³/mol. The molecule has 4 heterocycles. The van der Waals surface area contributed by atoms with Crippen LogP contribution < -0.4 is 5.32 Å². The van der Waals surface area contributed by atoms with Gasteiger partial charge in [-0.25, -0.2) is 4.98 Å². The molecule has 100 valence electrons. The first kappa shape index (κ1) is 11.6. The van der Waals surface area contributed by atoms with E-state index in [4.69, 9.17) is 4.42 Å². The van der Waals surface area contributed by atoms with Crippen LogP contribution in [0.3, 0.4) is 0 Å². The summed E-state index contributed by atoms with van der Waals surface area (Å²) in [5, 5.41) is 6.62. The van der Waals surface area contributed by atoms with Crippen molar-refractivity contribution in [1.29, 1.82) is 0 Å². The summed E-state index contributed by atoms with van der Waals surface area (Å²) in [5.74, 6) is 2.57. The highest BCUT2D eigenvalue weighted by molar-refractivity contribution is 7.13. The summed E-state index contributed by atoms with van der Waals surface area (Å²) in [4.78, 5) is 7.22. The molecule has 0 amide bonds. The predicted octanol–water partition coefficient (Wildman–Crippen LogP) is 2.05. The lowest BCUT2D eigenvalue weighted by molar-refractivity contribution is 0.302. The van der Waals surface area contributed by atoms with Crippen molar-refractivity contribution in [2.45, 2.75) is 6.54 Å². The molecule has 5 heteroatoms. The van der Waals surface area contributed by atoms with Crippen molar-refractivity contribution in [2.75, 3.05) is 26.2 Å². The van der Waals surface area contributed by atoms with Crippen molar-refractivity contribution in [2.24, 2.45) is 11.8 Å². The maximum Gasteiger partial charge on any atom is 0.162 e. The number of fused-ring (bicyclic) bond motifs is 1. The zero-order valence-corrected chi connectivity index (χ0v) is 11.5. The minimum atomic E-state index is 0.850. The van der Waals surface area contributed by atoms with Crippen LogP contribution in [0, 0.1) is 11.8 Å². The number of hydrogen-bond donors (Lipinski definition) is 1. The summed E-state index contributed by atoms with van der Waals surface area (Å²) in [6, 6.07) is 3.87. The van der Waals surface area contributed by atoms with E-state index in [1.165, 1.54) is 31.9 Å². The Bertz CT molecular complexity index is 539. The minimum absolute atomic E-state index is 0.850. The Morgan fingerprint density at radius 2 is 2.21 bits per heavy atom. The highest BCUT2D eigenvalue weighted by Gasteiger charge is 2.35. The number of aromatic nitrogens is 1. The Balaban J connectivity index is 1.44. The average Bonchev–Trinajstić information content (AvgIpc) is 3.12. The Morgan fingerprint density at radius 3 is 2.95 bits per heavy atom. The fraction of sp³-hybridized carbons (Fsp3) is 0.500. The zero-order valence-electron chi connectivity index (χ0n) is 10.7. The van der Waals surface area contributed by atoms with Gasteiger partial charge in [0.2, 0.25) is 0 Å². The SMILES string of the molecule is c1coc(-c2nc(CN3C[C@H]4CNC[C@H]4C3)cs2)c1. The van der Waals surface area contributed by atoms with E-state index >= 15 is 0 Å². The Labute approximate surface area is 116 Å². The van der Waals surface area contributed by atoms with Gasteiger partial charge in [-0.15, -0.1) is 11.3 Å². The van der Waals surface area contributed by atoms with Crippen LogP contribution in [0.25, 0.3) is 10.8 Å². The average molecular weight is 275 g/mol. The molecule has 2 aliphatic heterocycles. The summed E-state index contributed by atoms with van der Waals surface area (Å²) >= 11 is 1.67. The van der Waals surface area contributed by atoms with Crippen LogP contribution in [0.4, 0.5) is 0 Å². The molecule has 0 spiro atoms. The molecule has 2 atom stereocenters. The second-order valence-corrected chi connectivity index (χ2v) is 6.35. The molecule has 1 N–H and O–H groups in total. The fourth-order valence-electron chi connectivity index (χ4n) is 3.20. The third-order valence-electron chi connectivity index (χ3n) is 4.13. The van der Waals surface area contributed by atoms with Gasteiger partial charge in [0, 0.05) is 25.0 Å². The lowest BCUT2D eigenvalue weighted by atomic mass is 10.0. The molecule has 2 aliphatic rings. The summed E-state index contributed by atoms with van der Waals surface area (Å²) < 4.78 is 5.39. The quantitative estimate of drug-likeness (QED) is 0.931. The van der Waals surface area contributed by atoms with E-state index in [0.717, 1.165) is 29.1 Å². The van der Waals surface area contributed by atoms with Crippen molar-refractivity contribution in [3.63, 3.8) is 0 Å². The molecular formula is C14H17N3OS. The fourth-order valence-corrected chi connectivity index (χ4v) is 3.98. The molecule has 0 unspecified atom stereocenters. The van der Waals surface area contributed by atoms with E-state index in [-0.39, 0.29) is 0 Å². The first-order valence-corrected chi connectivity index (χ1v) is 7.68. The maximum absolute atomic E-state index is 5.39. The topological polar surface area (TPSA) is 41.3 Å². The zero-order chi connectivity index (χ0) is 12.7. The molecule has 2 aromatic heterocycles. The molecule has 0 aromatic carbocycles. The second-order valence-electron chi connectivity index (χ2n) is 5.49. The largest absolute Gasteiger partial charge is 0.462 e. The van der Waals surface area contributed by atoms with Crippen LogP contribution in [0.2, 0.25) is 0 Å².